The lowest BCUT2D eigenvalue weighted by molar-refractivity contribution is -0.0980. The van der Waals surface area contributed by atoms with E-state index in [9.17, 15) is 9.50 Å². The number of allylic oxidation sites excluding steroid dienone is 5. The quantitative estimate of drug-likeness (QED) is 0.182. The topological polar surface area (TPSA) is 54.3 Å². The summed E-state index contributed by atoms with van der Waals surface area (Å²) in [4.78, 5) is 8.00. The van der Waals surface area contributed by atoms with Gasteiger partial charge in [0.15, 0.2) is 0 Å². The predicted molar refractivity (Wildman–Crippen MR) is 176 cm³/mol. The van der Waals surface area contributed by atoms with Crippen LogP contribution in [0.25, 0.3) is 22.4 Å². The summed E-state index contributed by atoms with van der Waals surface area (Å²) in [6.07, 6.45) is 13.4. The second kappa shape index (κ2) is 23.0. The molecule has 5 heteroatoms. The molecule has 0 amide bonds. The molecule has 0 aliphatic heterocycles. The number of hydrogen-bond acceptors (Lipinski definition) is 3. The Morgan fingerprint density at radius 1 is 0.951 bits per heavy atom. The molecule has 0 fully saturated rings. The van der Waals surface area contributed by atoms with Gasteiger partial charge in [-0.1, -0.05) is 94.1 Å². The highest BCUT2D eigenvalue weighted by molar-refractivity contribution is 5.82. The number of benzene rings is 2. The number of hydrogen-bond donors (Lipinski definition) is 2. The molecule has 0 unspecified atom stereocenters. The monoisotopic (exact) mass is 560 g/mol. The molecule has 0 aliphatic carbocycles. The number of nitrogens with one attached hydrogen (secondary N) is 1. The summed E-state index contributed by atoms with van der Waals surface area (Å²) in [6, 6.07) is 19.2. The highest BCUT2D eigenvalue weighted by atomic mass is 19.1. The predicted octanol–water partition coefficient (Wildman–Crippen LogP) is 8.76. The summed E-state index contributed by atoms with van der Waals surface area (Å²) >= 11 is 0. The highest BCUT2D eigenvalue weighted by Gasteiger charge is 2.20. The number of carbonyl (C=O) groups is 1. The fourth-order valence-electron chi connectivity index (χ4n) is 3.99. The van der Waals surface area contributed by atoms with Crippen LogP contribution in [-0.2, 0) is 11.3 Å². The van der Waals surface area contributed by atoms with Crippen molar-refractivity contribution in [1.29, 1.82) is 0 Å². The van der Waals surface area contributed by atoms with Crippen LogP contribution in [0.3, 0.4) is 0 Å². The van der Waals surface area contributed by atoms with Gasteiger partial charge in [-0.2, -0.15) is 0 Å². The van der Waals surface area contributed by atoms with Gasteiger partial charge in [0.05, 0.1) is 11.8 Å². The van der Waals surface area contributed by atoms with E-state index in [2.05, 4.69) is 68.1 Å². The van der Waals surface area contributed by atoms with Gasteiger partial charge < -0.3 is 19.8 Å². The third kappa shape index (κ3) is 13.9. The van der Waals surface area contributed by atoms with Crippen molar-refractivity contribution >= 4 is 6.79 Å². The molecule has 1 aromatic heterocycles. The highest BCUT2D eigenvalue weighted by Crippen LogP contribution is 2.38. The smallest absolute Gasteiger partial charge is 0.123 e. The molecule has 222 valence electrons. The van der Waals surface area contributed by atoms with Crippen molar-refractivity contribution in [2.45, 2.75) is 58.6 Å². The lowest BCUT2D eigenvalue weighted by Gasteiger charge is -2.18. The van der Waals surface area contributed by atoms with E-state index >= 15 is 0 Å². The van der Waals surface area contributed by atoms with Crippen molar-refractivity contribution in [1.82, 2.24) is 9.88 Å². The Bertz CT molecular complexity index is 1160. The van der Waals surface area contributed by atoms with Gasteiger partial charge in [-0.25, -0.2) is 4.39 Å². The van der Waals surface area contributed by atoms with Crippen molar-refractivity contribution in [2.75, 3.05) is 14.1 Å². The maximum absolute atomic E-state index is 13.5. The zero-order chi connectivity index (χ0) is 31.0. The van der Waals surface area contributed by atoms with Gasteiger partial charge in [0.1, 0.15) is 12.6 Å². The van der Waals surface area contributed by atoms with Gasteiger partial charge in [-0.15, -0.1) is 6.58 Å². The SMILES string of the molecule is C=C/C=C\C=C/CC.C=CC[C@H](O)CCn1c(C(C)C)cc(-c2ccccc2)c1-c1ccc(F)cc1.C=O.CNC. The summed E-state index contributed by atoms with van der Waals surface area (Å²) in [6.45, 7) is 16.4. The molecular formula is C36H49FN2O2. The first-order valence-electron chi connectivity index (χ1n) is 14.0. The first kappa shape index (κ1) is 37.2. The Morgan fingerprint density at radius 2 is 1.56 bits per heavy atom. The van der Waals surface area contributed by atoms with Crippen LogP contribution in [-0.4, -0.2) is 36.7 Å². The molecule has 2 aromatic carbocycles. The van der Waals surface area contributed by atoms with Gasteiger partial charge in [-0.05, 0) is 80.7 Å². The van der Waals surface area contributed by atoms with Gasteiger partial charge in [0, 0.05) is 17.8 Å². The van der Waals surface area contributed by atoms with Gasteiger partial charge in [0.2, 0.25) is 0 Å². The molecule has 1 heterocycles. The lowest BCUT2D eigenvalue weighted by atomic mass is 10.0. The molecule has 0 radical (unpaired) electrons. The number of nitrogens with zero attached hydrogens (tertiary/aromatic N) is 1. The standard InChI is InChI=1S/C25H28FNO.C8H12.C2H7N.CH2O/c1-4-8-22(28)15-16-27-24(18(2)3)17-23(19-9-6-5-7-10-19)25(27)20-11-13-21(26)14-12-20;1-3-5-7-8-6-4-2;1-3-2;1-2/h4-7,9-14,17-18,22,28H,1,8,15-16H2,2-3H3;3,5-8H,1,4H2,2H3;3H,1-2H3;1H2/b;7-5-,8-6-;;/t22-;;;/m0.../s1. The number of carbonyl (C=O) groups excluding carboxylic acids is 1. The first-order valence-corrected chi connectivity index (χ1v) is 14.0. The Hall–Kier alpha value is -3.80. The summed E-state index contributed by atoms with van der Waals surface area (Å²) in [5, 5.41) is 13.0. The van der Waals surface area contributed by atoms with E-state index in [0.29, 0.717) is 25.3 Å². The largest absolute Gasteiger partial charge is 0.393 e. The molecular weight excluding hydrogens is 511 g/mol. The minimum absolute atomic E-state index is 0.242. The Morgan fingerprint density at radius 3 is 2.07 bits per heavy atom. The molecule has 0 saturated carbocycles. The third-order valence-corrected chi connectivity index (χ3v) is 5.78. The van der Waals surface area contributed by atoms with Crippen LogP contribution >= 0.6 is 0 Å². The fourth-order valence-corrected chi connectivity index (χ4v) is 3.99. The van der Waals surface area contributed by atoms with Crippen molar-refractivity contribution in [3.63, 3.8) is 0 Å². The van der Waals surface area contributed by atoms with Crippen LogP contribution in [0.15, 0.2) is 110 Å². The molecule has 3 aromatic rings. The van der Waals surface area contributed by atoms with E-state index in [1.54, 1.807) is 12.2 Å². The molecule has 4 nitrogen and oxygen atoms in total. The lowest BCUT2D eigenvalue weighted by Crippen LogP contribution is -2.13. The van der Waals surface area contributed by atoms with Crippen LogP contribution < -0.4 is 5.32 Å². The number of rotatable bonds is 11. The summed E-state index contributed by atoms with van der Waals surface area (Å²) in [5.41, 5.74) is 5.53. The minimum atomic E-state index is -0.416. The maximum atomic E-state index is 13.5. The average Bonchev–Trinajstić information content (AvgIpc) is 3.37. The van der Waals surface area contributed by atoms with Crippen molar-refractivity contribution in [2.24, 2.45) is 0 Å². The fraction of sp³-hybridized carbons (Fsp3) is 0.306. The number of halogens is 1. The molecule has 0 spiro atoms. The Labute approximate surface area is 247 Å². The van der Waals surface area contributed by atoms with Gasteiger partial charge in [0.25, 0.3) is 0 Å². The second-order valence-corrected chi connectivity index (χ2v) is 9.43. The van der Waals surface area contributed by atoms with Crippen LogP contribution in [0.5, 0.6) is 0 Å². The van der Waals surface area contributed by atoms with E-state index in [4.69, 9.17) is 4.79 Å². The van der Waals surface area contributed by atoms with E-state index in [0.717, 1.165) is 28.8 Å². The maximum Gasteiger partial charge on any atom is 0.123 e. The van der Waals surface area contributed by atoms with Crippen molar-refractivity contribution < 1.29 is 14.3 Å². The van der Waals surface area contributed by atoms with Gasteiger partial charge >= 0.3 is 0 Å². The van der Waals surface area contributed by atoms with Crippen LogP contribution in [0.4, 0.5) is 4.39 Å². The van der Waals surface area contributed by atoms with E-state index < -0.39 is 6.10 Å². The summed E-state index contributed by atoms with van der Waals surface area (Å²) in [7, 11) is 3.75. The molecule has 0 saturated heterocycles. The van der Waals surface area contributed by atoms with E-state index in [-0.39, 0.29) is 5.82 Å². The van der Waals surface area contributed by atoms with Crippen LogP contribution in [0, 0.1) is 5.82 Å². The van der Waals surface area contributed by atoms with Crippen LogP contribution in [0.2, 0.25) is 0 Å². The summed E-state index contributed by atoms with van der Waals surface area (Å²) in [5.74, 6) is 0.0850. The normalized spacial score (nSPS) is 11.1. The number of aliphatic hydroxyl groups excluding tert-OH is 1. The van der Waals surface area contributed by atoms with Crippen molar-refractivity contribution in [3.05, 3.63) is 122 Å². The average molecular weight is 561 g/mol. The van der Waals surface area contributed by atoms with E-state index in [1.807, 2.05) is 69.4 Å². The van der Waals surface area contributed by atoms with Crippen molar-refractivity contribution in [3.8, 4) is 22.4 Å². The third-order valence-electron chi connectivity index (χ3n) is 5.78. The molecule has 0 bridgehead atoms. The molecule has 1 atom stereocenters. The van der Waals surface area contributed by atoms with Gasteiger partial charge in [-0.3, -0.25) is 0 Å². The molecule has 41 heavy (non-hydrogen) atoms. The van der Waals surface area contributed by atoms with Crippen LogP contribution in [0.1, 0.15) is 51.6 Å². The zero-order valence-electron chi connectivity index (χ0n) is 25.5. The molecule has 0 aliphatic rings. The Kier molecular flexibility index (Phi) is 20.8. The molecule has 2 N–H and O–H groups in total. The second-order valence-electron chi connectivity index (χ2n) is 9.43. The number of aliphatic hydroxyl groups is 1. The first-order chi connectivity index (χ1) is 19.8. The number of aromatic nitrogens is 1. The summed E-state index contributed by atoms with van der Waals surface area (Å²) < 4.78 is 15.8. The van der Waals surface area contributed by atoms with E-state index in [1.165, 1.54) is 17.8 Å². The minimum Gasteiger partial charge on any atom is -0.393 e. The Balaban J connectivity index is 0.00000104. The zero-order valence-corrected chi connectivity index (χ0v) is 25.5. The molecule has 3 rings (SSSR count).